The maximum absolute atomic E-state index is 6.84. The number of nitrogens with zero attached hydrogens (tertiary/aromatic N) is 5. The number of benzene rings is 1. The molecule has 4 heterocycles. The van der Waals surface area contributed by atoms with Crippen LogP contribution in [-0.4, -0.2) is 52.3 Å². The van der Waals surface area contributed by atoms with Crippen LogP contribution in [0.2, 0.25) is 0 Å². The summed E-state index contributed by atoms with van der Waals surface area (Å²) in [5.41, 5.74) is 11.1. The SMILES string of the molecule is COc1cc(-c2nnc(C)n2C)ccc1C1(N)N=Cc2cc(C)nc(NC3CCOCC3)c2N1. The molecule has 2 aliphatic heterocycles. The fraction of sp³-hybridized carbons (Fsp3) is 0.417. The molecule has 0 bridgehead atoms. The third-order valence-electron chi connectivity index (χ3n) is 6.43. The number of aliphatic imine (C=N–C) groups is 1. The average Bonchev–Trinajstić information content (AvgIpc) is 3.18. The number of nitrogens with one attached hydrogen (secondary N) is 2. The van der Waals surface area contributed by atoms with E-state index in [4.69, 9.17) is 20.2 Å². The van der Waals surface area contributed by atoms with E-state index in [2.05, 4.69) is 25.8 Å². The summed E-state index contributed by atoms with van der Waals surface area (Å²) in [7, 11) is 3.55. The minimum absolute atomic E-state index is 0.295. The zero-order chi connectivity index (χ0) is 23.9. The Balaban J connectivity index is 1.50. The van der Waals surface area contributed by atoms with Crippen molar-refractivity contribution in [1.29, 1.82) is 0 Å². The molecule has 0 aliphatic carbocycles. The van der Waals surface area contributed by atoms with Crippen LogP contribution in [0.15, 0.2) is 29.3 Å². The standard InChI is InChI=1S/C24H30N8O2/c1-14-11-17-13-26-24(25,29-21(17)22(27-14)28-18-7-9-34-10-8-18)19-6-5-16(12-20(19)33-4)23-31-30-15(2)32(23)3/h5-6,11-13,18,29H,7-10,25H2,1-4H3,(H,27,28). The Morgan fingerprint density at radius 1 is 1.21 bits per heavy atom. The molecule has 4 N–H and O–H groups in total. The molecule has 10 nitrogen and oxygen atoms in total. The molecule has 2 aromatic heterocycles. The van der Waals surface area contributed by atoms with Gasteiger partial charge in [-0.05, 0) is 44.9 Å². The molecule has 34 heavy (non-hydrogen) atoms. The van der Waals surface area contributed by atoms with Crippen molar-refractivity contribution in [2.75, 3.05) is 31.0 Å². The van der Waals surface area contributed by atoms with Gasteiger partial charge in [0.15, 0.2) is 11.6 Å². The normalized spacial score (nSPS) is 20.0. The lowest BCUT2D eigenvalue weighted by Crippen LogP contribution is -2.45. The van der Waals surface area contributed by atoms with Crippen LogP contribution in [-0.2, 0) is 17.6 Å². The molecule has 1 fully saturated rings. The van der Waals surface area contributed by atoms with Crippen LogP contribution in [0.1, 0.15) is 35.5 Å². The number of fused-ring (bicyclic) bond motifs is 1. The molecule has 10 heteroatoms. The van der Waals surface area contributed by atoms with E-state index in [1.165, 1.54) is 0 Å². The maximum Gasteiger partial charge on any atom is 0.212 e. The van der Waals surface area contributed by atoms with Crippen LogP contribution in [0.3, 0.4) is 0 Å². The molecule has 0 radical (unpaired) electrons. The van der Waals surface area contributed by atoms with Gasteiger partial charge in [-0.2, -0.15) is 0 Å². The van der Waals surface area contributed by atoms with E-state index in [1.807, 2.05) is 49.7 Å². The minimum Gasteiger partial charge on any atom is -0.496 e. The molecular formula is C24H30N8O2. The van der Waals surface area contributed by atoms with E-state index in [0.717, 1.165) is 66.0 Å². The van der Waals surface area contributed by atoms with Gasteiger partial charge in [-0.3, -0.25) is 5.73 Å². The van der Waals surface area contributed by atoms with Crippen molar-refractivity contribution in [3.63, 3.8) is 0 Å². The minimum atomic E-state index is -1.23. The summed E-state index contributed by atoms with van der Waals surface area (Å²) in [6.45, 7) is 5.38. The highest BCUT2D eigenvalue weighted by atomic mass is 16.5. The second-order valence-corrected chi connectivity index (χ2v) is 8.80. The van der Waals surface area contributed by atoms with E-state index < -0.39 is 5.79 Å². The largest absolute Gasteiger partial charge is 0.496 e. The zero-order valence-electron chi connectivity index (χ0n) is 19.9. The van der Waals surface area contributed by atoms with Gasteiger partial charge in [0.05, 0.1) is 18.4 Å². The lowest BCUT2D eigenvalue weighted by atomic mass is 10.0. The van der Waals surface area contributed by atoms with Crippen LogP contribution in [0.5, 0.6) is 5.75 Å². The third kappa shape index (κ3) is 3.99. The first-order valence-corrected chi connectivity index (χ1v) is 11.4. The summed E-state index contributed by atoms with van der Waals surface area (Å²) in [6.07, 6.45) is 3.67. The highest BCUT2D eigenvalue weighted by Crippen LogP contribution is 2.39. The number of nitrogens with two attached hydrogens (primary N) is 1. The van der Waals surface area contributed by atoms with Gasteiger partial charge in [0.1, 0.15) is 11.6 Å². The average molecular weight is 463 g/mol. The van der Waals surface area contributed by atoms with Gasteiger partial charge in [-0.25, -0.2) is 9.98 Å². The quantitative estimate of drug-likeness (QED) is 0.529. The molecule has 1 unspecified atom stereocenters. The van der Waals surface area contributed by atoms with Gasteiger partial charge in [0.2, 0.25) is 5.79 Å². The Hall–Kier alpha value is -3.50. The fourth-order valence-corrected chi connectivity index (χ4v) is 4.41. The van der Waals surface area contributed by atoms with E-state index in [0.29, 0.717) is 17.4 Å². The second-order valence-electron chi connectivity index (χ2n) is 8.80. The Morgan fingerprint density at radius 3 is 2.71 bits per heavy atom. The highest BCUT2D eigenvalue weighted by Gasteiger charge is 2.35. The summed E-state index contributed by atoms with van der Waals surface area (Å²) >= 11 is 0. The first kappa shape index (κ1) is 22.3. The van der Waals surface area contributed by atoms with Crippen LogP contribution < -0.4 is 21.1 Å². The van der Waals surface area contributed by atoms with Crippen LogP contribution in [0.25, 0.3) is 11.4 Å². The van der Waals surface area contributed by atoms with Crippen LogP contribution in [0, 0.1) is 13.8 Å². The number of ether oxygens (including phenoxy) is 2. The molecule has 3 aromatic rings. The van der Waals surface area contributed by atoms with Gasteiger partial charge in [0, 0.05) is 49.3 Å². The molecule has 2 aliphatic rings. The fourth-order valence-electron chi connectivity index (χ4n) is 4.41. The number of anilines is 2. The summed E-state index contributed by atoms with van der Waals surface area (Å²) < 4.78 is 13.2. The maximum atomic E-state index is 6.84. The molecule has 1 aromatic carbocycles. The van der Waals surface area contributed by atoms with Crippen molar-refractivity contribution in [3.05, 3.63) is 46.9 Å². The molecule has 178 valence electrons. The number of rotatable bonds is 5. The summed E-state index contributed by atoms with van der Waals surface area (Å²) in [5, 5.41) is 15.5. The predicted octanol–water partition coefficient (Wildman–Crippen LogP) is 2.71. The first-order chi connectivity index (χ1) is 16.4. The smallest absolute Gasteiger partial charge is 0.212 e. The Labute approximate surface area is 198 Å². The van der Waals surface area contributed by atoms with Crippen molar-refractivity contribution in [1.82, 2.24) is 19.7 Å². The first-order valence-electron chi connectivity index (χ1n) is 11.4. The number of methoxy groups -OCH3 is 1. The third-order valence-corrected chi connectivity index (χ3v) is 6.43. The summed E-state index contributed by atoms with van der Waals surface area (Å²) in [4.78, 5) is 9.45. The topological polar surface area (TPSA) is 125 Å². The predicted molar refractivity (Wildman–Crippen MR) is 131 cm³/mol. The molecule has 0 spiro atoms. The van der Waals surface area contributed by atoms with Crippen molar-refractivity contribution < 1.29 is 9.47 Å². The van der Waals surface area contributed by atoms with Gasteiger partial charge in [0.25, 0.3) is 0 Å². The van der Waals surface area contributed by atoms with E-state index >= 15 is 0 Å². The molecule has 0 amide bonds. The lowest BCUT2D eigenvalue weighted by Gasteiger charge is -2.34. The molecule has 0 saturated carbocycles. The highest BCUT2D eigenvalue weighted by molar-refractivity contribution is 5.94. The van der Waals surface area contributed by atoms with E-state index in [-0.39, 0.29) is 0 Å². The van der Waals surface area contributed by atoms with Gasteiger partial charge < -0.3 is 24.7 Å². The van der Waals surface area contributed by atoms with Crippen LogP contribution >= 0.6 is 0 Å². The van der Waals surface area contributed by atoms with E-state index in [1.54, 1.807) is 13.3 Å². The Bertz CT molecular complexity index is 1250. The molecule has 5 rings (SSSR count). The van der Waals surface area contributed by atoms with Crippen molar-refractivity contribution >= 4 is 17.7 Å². The van der Waals surface area contributed by atoms with Crippen molar-refractivity contribution in [3.8, 4) is 17.1 Å². The van der Waals surface area contributed by atoms with Gasteiger partial charge in [-0.1, -0.05) is 6.07 Å². The number of aryl methyl sites for hydroxylation is 2. The molecular weight excluding hydrogens is 432 g/mol. The monoisotopic (exact) mass is 462 g/mol. The van der Waals surface area contributed by atoms with Crippen molar-refractivity contribution in [2.24, 2.45) is 17.8 Å². The van der Waals surface area contributed by atoms with Crippen molar-refractivity contribution in [2.45, 2.75) is 38.5 Å². The van der Waals surface area contributed by atoms with E-state index in [9.17, 15) is 0 Å². The molecule has 1 saturated heterocycles. The Morgan fingerprint density at radius 2 is 2.00 bits per heavy atom. The Kier molecular flexibility index (Phi) is 5.70. The number of hydrogen-bond donors (Lipinski definition) is 3. The summed E-state index contributed by atoms with van der Waals surface area (Å²) in [6, 6.07) is 8.08. The molecule has 1 atom stereocenters. The van der Waals surface area contributed by atoms with Gasteiger partial charge in [-0.15, -0.1) is 10.2 Å². The lowest BCUT2D eigenvalue weighted by molar-refractivity contribution is 0.0904. The second kappa shape index (κ2) is 8.69. The van der Waals surface area contributed by atoms with Gasteiger partial charge >= 0.3 is 0 Å². The van der Waals surface area contributed by atoms with Crippen LogP contribution in [0.4, 0.5) is 11.5 Å². The summed E-state index contributed by atoms with van der Waals surface area (Å²) in [5.74, 6) is 1.73. The zero-order valence-corrected chi connectivity index (χ0v) is 19.9. The number of hydrogen-bond acceptors (Lipinski definition) is 9. The number of aromatic nitrogens is 4. The number of pyridine rings is 1.